The van der Waals surface area contributed by atoms with Crippen LogP contribution < -0.4 is 15.8 Å². The van der Waals surface area contributed by atoms with Crippen LogP contribution in [0.1, 0.15) is 44.9 Å². The fourth-order valence-corrected chi connectivity index (χ4v) is 4.43. The van der Waals surface area contributed by atoms with E-state index in [1.54, 1.807) is 62.9 Å². The lowest BCUT2D eigenvalue weighted by Gasteiger charge is -2.27. The fraction of sp³-hybridized carbons (Fsp3) is 0.444. The van der Waals surface area contributed by atoms with Crippen LogP contribution in [0.15, 0.2) is 45.7 Å². The molecule has 0 spiro atoms. The summed E-state index contributed by atoms with van der Waals surface area (Å²) >= 11 is 0. The summed E-state index contributed by atoms with van der Waals surface area (Å²) in [5.74, 6) is -0.0499. The second-order valence-corrected chi connectivity index (χ2v) is 10.2. The standard InChI is InChI=1S/C27H33N5O5/c1-17-19(30-26(35)37-27(2,3)4)11-12-20-22(17)24(34)36-25(29-20)32-15-8-10-21(32)23(33)31(5)16-13-18-9-6-7-14-28-18/h6-7,9,11-12,14,21H,8,10,13,15-16H2,1-5H3,(H,30,35)/t21-/m0/s1. The minimum absolute atomic E-state index is 0.0499. The molecule has 3 heterocycles. The van der Waals surface area contributed by atoms with Crippen LogP contribution in [0.4, 0.5) is 16.5 Å². The summed E-state index contributed by atoms with van der Waals surface area (Å²) in [6, 6.07) is 8.71. The minimum Gasteiger partial charge on any atom is -0.444 e. The van der Waals surface area contributed by atoms with E-state index >= 15 is 0 Å². The number of nitrogens with zero attached hydrogens (tertiary/aromatic N) is 4. The van der Waals surface area contributed by atoms with Crippen molar-refractivity contribution in [3.63, 3.8) is 0 Å². The van der Waals surface area contributed by atoms with Crippen molar-refractivity contribution in [1.82, 2.24) is 14.9 Å². The Morgan fingerprint density at radius 1 is 1.24 bits per heavy atom. The number of benzene rings is 1. The normalized spacial score (nSPS) is 15.6. The average Bonchev–Trinajstić information content (AvgIpc) is 3.33. The first-order valence-electron chi connectivity index (χ1n) is 12.4. The van der Waals surface area contributed by atoms with Crippen LogP contribution in [0, 0.1) is 6.92 Å². The summed E-state index contributed by atoms with van der Waals surface area (Å²) in [4.78, 5) is 50.9. The summed E-state index contributed by atoms with van der Waals surface area (Å²) in [6.45, 7) is 8.12. The highest BCUT2D eigenvalue weighted by Crippen LogP contribution is 2.28. The lowest BCUT2D eigenvalue weighted by atomic mass is 10.1. The second kappa shape index (κ2) is 10.6. The number of anilines is 2. The van der Waals surface area contributed by atoms with E-state index < -0.39 is 23.4 Å². The number of carbonyl (C=O) groups is 2. The Balaban J connectivity index is 1.53. The zero-order valence-corrected chi connectivity index (χ0v) is 21.9. The van der Waals surface area contributed by atoms with Gasteiger partial charge in [0.05, 0.1) is 10.9 Å². The van der Waals surface area contributed by atoms with Gasteiger partial charge in [-0.05, 0) is 70.4 Å². The van der Waals surface area contributed by atoms with Gasteiger partial charge in [0.25, 0.3) is 0 Å². The molecule has 37 heavy (non-hydrogen) atoms. The maximum atomic E-state index is 13.3. The number of fused-ring (bicyclic) bond motifs is 1. The summed E-state index contributed by atoms with van der Waals surface area (Å²) in [7, 11) is 1.77. The molecule has 2 amide bonds. The van der Waals surface area contributed by atoms with E-state index in [-0.39, 0.29) is 17.3 Å². The van der Waals surface area contributed by atoms with Crippen LogP contribution in [0.25, 0.3) is 10.9 Å². The largest absolute Gasteiger partial charge is 0.444 e. The number of hydrogen-bond acceptors (Lipinski definition) is 8. The van der Waals surface area contributed by atoms with Crippen molar-refractivity contribution < 1.29 is 18.7 Å². The van der Waals surface area contributed by atoms with E-state index in [0.29, 0.717) is 42.7 Å². The number of ether oxygens (including phenoxy) is 1. The molecule has 1 N–H and O–H groups in total. The Hall–Kier alpha value is -3.95. The third-order valence-corrected chi connectivity index (χ3v) is 6.27. The van der Waals surface area contributed by atoms with E-state index in [4.69, 9.17) is 9.15 Å². The molecule has 1 atom stereocenters. The van der Waals surface area contributed by atoms with Crippen molar-refractivity contribution in [2.75, 3.05) is 30.4 Å². The van der Waals surface area contributed by atoms with Gasteiger partial charge in [-0.3, -0.25) is 15.1 Å². The van der Waals surface area contributed by atoms with Gasteiger partial charge in [-0.2, -0.15) is 4.98 Å². The zero-order valence-electron chi connectivity index (χ0n) is 21.9. The van der Waals surface area contributed by atoms with Crippen molar-refractivity contribution in [3.8, 4) is 0 Å². The van der Waals surface area contributed by atoms with E-state index in [9.17, 15) is 14.4 Å². The van der Waals surface area contributed by atoms with Crippen molar-refractivity contribution in [1.29, 1.82) is 0 Å². The number of amides is 2. The summed E-state index contributed by atoms with van der Waals surface area (Å²) in [6.07, 6.45) is 3.20. The average molecular weight is 508 g/mol. The number of likely N-dealkylation sites (N-methyl/N-ethyl adjacent to an activating group) is 1. The first-order chi connectivity index (χ1) is 17.5. The van der Waals surface area contributed by atoms with Gasteiger partial charge in [0.1, 0.15) is 11.6 Å². The van der Waals surface area contributed by atoms with Crippen molar-refractivity contribution in [3.05, 3.63) is 58.2 Å². The highest BCUT2D eigenvalue weighted by atomic mass is 16.6. The van der Waals surface area contributed by atoms with Gasteiger partial charge in [0, 0.05) is 44.1 Å². The Kier molecular flexibility index (Phi) is 7.47. The predicted molar refractivity (Wildman–Crippen MR) is 141 cm³/mol. The molecule has 1 fully saturated rings. The monoisotopic (exact) mass is 507 g/mol. The molecule has 2 aromatic heterocycles. The number of nitrogens with one attached hydrogen (secondary N) is 1. The maximum Gasteiger partial charge on any atom is 0.412 e. The van der Waals surface area contributed by atoms with Crippen LogP contribution >= 0.6 is 0 Å². The third-order valence-electron chi connectivity index (χ3n) is 6.27. The van der Waals surface area contributed by atoms with Gasteiger partial charge in [0.15, 0.2) is 0 Å². The molecule has 1 saturated heterocycles. The molecular weight excluding hydrogens is 474 g/mol. The molecule has 1 aromatic carbocycles. The molecule has 0 radical (unpaired) electrons. The van der Waals surface area contributed by atoms with Gasteiger partial charge in [-0.1, -0.05) is 6.07 Å². The highest BCUT2D eigenvalue weighted by Gasteiger charge is 2.35. The molecule has 0 aliphatic carbocycles. The number of rotatable bonds is 6. The third kappa shape index (κ3) is 6.07. The van der Waals surface area contributed by atoms with Crippen molar-refractivity contribution >= 4 is 34.6 Å². The molecule has 10 nitrogen and oxygen atoms in total. The zero-order chi connectivity index (χ0) is 26.7. The molecule has 0 saturated carbocycles. The number of hydrogen-bond donors (Lipinski definition) is 1. The van der Waals surface area contributed by atoms with E-state index in [1.165, 1.54) is 0 Å². The van der Waals surface area contributed by atoms with E-state index in [1.807, 2.05) is 18.2 Å². The molecule has 3 aromatic rings. The van der Waals surface area contributed by atoms with Gasteiger partial charge in [-0.25, -0.2) is 9.59 Å². The Morgan fingerprint density at radius 3 is 2.73 bits per heavy atom. The van der Waals surface area contributed by atoms with Crippen LogP contribution in [-0.4, -0.2) is 58.6 Å². The number of aryl methyl sites for hydroxylation is 1. The van der Waals surface area contributed by atoms with Crippen LogP contribution in [0.3, 0.4) is 0 Å². The fourth-order valence-electron chi connectivity index (χ4n) is 4.43. The highest BCUT2D eigenvalue weighted by molar-refractivity contribution is 5.93. The van der Waals surface area contributed by atoms with Gasteiger partial charge < -0.3 is 19.0 Å². The summed E-state index contributed by atoms with van der Waals surface area (Å²) in [5, 5.41) is 2.95. The Morgan fingerprint density at radius 2 is 2.03 bits per heavy atom. The SMILES string of the molecule is Cc1c(NC(=O)OC(C)(C)C)ccc2nc(N3CCC[C@H]3C(=O)N(C)CCc3ccccn3)oc(=O)c12. The van der Waals surface area contributed by atoms with Crippen molar-refractivity contribution in [2.24, 2.45) is 0 Å². The second-order valence-electron chi connectivity index (χ2n) is 10.2. The minimum atomic E-state index is -0.652. The van der Waals surface area contributed by atoms with Gasteiger partial charge in [-0.15, -0.1) is 0 Å². The lowest BCUT2D eigenvalue weighted by molar-refractivity contribution is -0.131. The molecule has 10 heteroatoms. The van der Waals surface area contributed by atoms with E-state index in [0.717, 1.165) is 12.1 Å². The molecule has 0 unspecified atom stereocenters. The Bertz CT molecular complexity index is 1350. The molecule has 4 rings (SSSR count). The number of pyridine rings is 1. The van der Waals surface area contributed by atoms with Gasteiger partial charge in [0.2, 0.25) is 5.91 Å². The van der Waals surface area contributed by atoms with Crippen LogP contribution in [0.2, 0.25) is 0 Å². The molecule has 0 bridgehead atoms. The van der Waals surface area contributed by atoms with Crippen LogP contribution in [0.5, 0.6) is 0 Å². The number of carbonyl (C=O) groups excluding carboxylic acids is 2. The predicted octanol–water partition coefficient (Wildman–Crippen LogP) is 3.91. The van der Waals surface area contributed by atoms with E-state index in [2.05, 4.69) is 15.3 Å². The smallest absolute Gasteiger partial charge is 0.412 e. The quantitative estimate of drug-likeness (QED) is 0.534. The molecule has 1 aliphatic rings. The molecular formula is C27H33N5O5. The molecule has 196 valence electrons. The Labute approximate surface area is 215 Å². The number of aromatic nitrogens is 2. The van der Waals surface area contributed by atoms with Crippen molar-refractivity contribution in [2.45, 2.75) is 58.6 Å². The maximum absolute atomic E-state index is 13.3. The topological polar surface area (TPSA) is 118 Å². The van der Waals surface area contributed by atoms with Crippen LogP contribution in [-0.2, 0) is 16.0 Å². The molecule has 1 aliphatic heterocycles. The summed E-state index contributed by atoms with van der Waals surface area (Å²) in [5.41, 5.74) is 1.09. The first kappa shape index (κ1) is 26.1. The summed E-state index contributed by atoms with van der Waals surface area (Å²) < 4.78 is 10.9. The lowest BCUT2D eigenvalue weighted by Crippen LogP contribution is -2.45. The van der Waals surface area contributed by atoms with Gasteiger partial charge >= 0.3 is 17.7 Å². The first-order valence-corrected chi connectivity index (χ1v) is 12.4.